The Kier molecular flexibility index (Phi) is 4.88. The Hall–Kier alpha value is -1.55. The Labute approximate surface area is 127 Å². The molecular formula is C12H16N4O3S2. The molecule has 2 aromatic rings. The van der Waals surface area contributed by atoms with E-state index >= 15 is 0 Å². The number of hydrogen-bond donors (Lipinski definition) is 2. The predicted octanol–water partition coefficient (Wildman–Crippen LogP) is 1.51. The summed E-state index contributed by atoms with van der Waals surface area (Å²) in [6, 6.07) is 6.36. The molecule has 0 aliphatic heterocycles. The fourth-order valence-electron chi connectivity index (χ4n) is 1.73. The molecule has 2 rings (SSSR count). The van der Waals surface area contributed by atoms with Gasteiger partial charge in [-0.15, -0.1) is 0 Å². The van der Waals surface area contributed by atoms with Crippen LogP contribution in [0.3, 0.4) is 0 Å². The van der Waals surface area contributed by atoms with Gasteiger partial charge in [0.05, 0.1) is 10.9 Å². The maximum Gasteiger partial charge on any atom is 0.238 e. The highest BCUT2D eigenvalue weighted by Gasteiger charge is 2.13. The molecule has 0 saturated heterocycles. The van der Waals surface area contributed by atoms with Crippen LogP contribution in [-0.4, -0.2) is 24.9 Å². The predicted molar refractivity (Wildman–Crippen MR) is 80.5 cm³/mol. The molecular weight excluding hydrogens is 312 g/mol. The average molecular weight is 328 g/mol. The topological polar surface area (TPSA) is 107 Å². The van der Waals surface area contributed by atoms with Crippen LogP contribution < -0.4 is 10.5 Å². The van der Waals surface area contributed by atoms with E-state index in [-0.39, 0.29) is 10.9 Å². The van der Waals surface area contributed by atoms with Crippen LogP contribution in [0.2, 0.25) is 0 Å². The van der Waals surface area contributed by atoms with Crippen LogP contribution in [0.15, 0.2) is 29.2 Å². The zero-order valence-electron chi connectivity index (χ0n) is 11.6. The number of primary sulfonamides is 1. The van der Waals surface area contributed by atoms with Crippen molar-refractivity contribution in [2.75, 3.05) is 12.4 Å². The van der Waals surface area contributed by atoms with Gasteiger partial charge in [-0.25, -0.2) is 18.5 Å². The van der Waals surface area contributed by atoms with Crippen molar-refractivity contribution in [1.29, 1.82) is 0 Å². The molecule has 21 heavy (non-hydrogen) atoms. The Morgan fingerprint density at radius 1 is 1.48 bits per heavy atom. The van der Waals surface area contributed by atoms with Crippen molar-refractivity contribution >= 4 is 26.7 Å². The number of nitrogens with zero attached hydrogens (tertiary/aromatic N) is 2. The normalized spacial score (nSPS) is 13.1. The second-order valence-corrected chi connectivity index (χ2v) is 6.75. The quantitative estimate of drug-likeness (QED) is 0.832. The Balaban J connectivity index is 2.14. The van der Waals surface area contributed by atoms with E-state index in [4.69, 9.17) is 9.88 Å². The number of rotatable bonds is 6. The lowest BCUT2D eigenvalue weighted by Gasteiger charge is -2.13. The molecule has 0 bridgehead atoms. The first kappa shape index (κ1) is 15.8. The third-order valence-corrected chi connectivity index (χ3v) is 4.36. The van der Waals surface area contributed by atoms with Gasteiger partial charge in [0, 0.05) is 18.6 Å². The molecule has 0 aliphatic carbocycles. The lowest BCUT2D eigenvalue weighted by atomic mass is 10.1. The fraction of sp³-hybridized carbons (Fsp3) is 0.333. The van der Waals surface area contributed by atoms with E-state index in [1.165, 1.54) is 17.6 Å². The second kappa shape index (κ2) is 6.48. The number of sulfonamides is 1. The summed E-state index contributed by atoms with van der Waals surface area (Å²) in [5, 5.41) is 8.95. The highest BCUT2D eigenvalue weighted by molar-refractivity contribution is 7.89. The molecule has 0 spiro atoms. The van der Waals surface area contributed by atoms with Crippen molar-refractivity contribution in [2.24, 2.45) is 5.14 Å². The molecule has 1 aromatic heterocycles. The van der Waals surface area contributed by atoms with E-state index in [0.29, 0.717) is 17.6 Å². The van der Waals surface area contributed by atoms with Crippen LogP contribution in [0.4, 0.5) is 5.13 Å². The highest BCUT2D eigenvalue weighted by atomic mass is 32.2. The molecule has 0 saturated carbocycles. The van der Waals surface area contributed by atoms with Crippen molar-refractivity contribution in [3.8, 4) is 0 Å². The summed E-state index contributed by atoms with van der Waals surface area (Å²) in [5.41, 5.74) is 0.796. The Morgan fingerprint density at radius 2 is 2.24 bits per heavy atom. The lowest BCUT2D eigenvalue weighted by molar-refractivity contribution is 0.179. The minimum absolute atomic E-state index is 0.0889. The fourth-order valence-corrected chi connectivity index (χ4v) is 2.96. The van der Waals surface area contributed by atoms with Gasteiger partial charge < -0.3 is 10.1 Å². The SMILES string of the molecule is COCc1nsc(NC(C)c2cccc(S(N)(=O)=O)c2)n1. The zero-order valence-corrected chi connectivity index (χ0v) is 13.2. The third kappa shape index (κ3) is 4.21. The maximum atomic E-state index is 11.4. The van der Waals surface area contributed by atoms with Crippen LogP contribution in [0.25, 0.3) is 0 Å². The van der Waals surface area contributed by atoms with E-state index in [1.807, 2.05) is 13.0 Å². The molecule has 0 fully saturated rings. The number of benzene rings is 1. The largest absolute Gasteiger partial charge is 0.377 e. The second-order valence-electron chi connectivity index (χ2n) is 4.43. The number of ether oxygens (including phenoxy) is 1. The van der Waals surface area contributed by atoms with Crippen molar-refractivity contribution in [2.45, 2.75) is 24.5 Å². The maximum absolute atomic E-state index is 11.4. The van der Waals surface area contributed by atoms with Gasteiger partial charge in [-0.3, -0.25) is 0 Å². The van der Waals surface area contributed by atoms with Gasteiger partial charge in [0.2, 0.25) is 15.2 Å². The van der Waals surface area contributed by atoms with Crippen molar-refractivity contribution < 1.29 is 13.2 Å². The number of methoxy groups -OCH3 is 1. The van der Waals surface area contributed by atoms with Crippen LogP contribution in [0, 0.1) is 0 Å². The highest BCUT2D eigenvalue weighted by Crippen LogP contribution is 2.22. The molecule has 1 aromatic carbocycles. The summed E-state index contributed by atoms with van der Waals surface area (Å²) in [5.74, 6) is 0.607. The molecule has 7 nitrogen and oxygen atoms in total. The molecule has 1 atom stereocenters. The van der Waals surface area contributed by atoms with Gasteiger partial charge in [0.25, 0.3) is 0 Å². The molecule has 0 aliphatic rings. The van der Waals surface area contributed by atoms with Gasteiger partial charge in [-0.1, -0.05) is 12.1 Å². The summed E-state index contributed by atoms with van der Waals surface area (Å²) in [4.78, 5) is 4.35. The van der Waals surface area contributed by atoms with E-state index in [1.54, 1.807) is 19.2 Å². The summed E-state index contributed by atoms with van der Waals surface area (Å²) >= 11 is 1.23. The number of aromatic nitrogens is 2. The van der Waals surface area contributed by atoms with Gasteiger partial charge >= 0.3 is 0 Å². The first-order valence-electron chi connectivity index (χ1n) is 6.11. The number of nitrogens with two attached hydrogens (primary N) is 1. The number of nitrogens with one attached hydrogen (secondary N) is 1. The Morgan fingerprint density at radius 3 is 2.90 bits per heavy atom. The summed E-state index contributed by atoms with van der Waals surface area (Å²) < 4.78 is 31.8. The van der Waals surface area contributed by atoms with Gasteiger partial charge in [0.1, 0.15) is 6.61 Å². The van der Waals surface area contributed by atoms with E-state index in [9.17, 15) is 8.42 Å². The first-order chi connectivity index (χ1) is 9.90. The summed E-state index contributed by atoms with van der Waals surface area (Å²) in [6.07, 6.45) is 0. The summed E-state index contributed by atoms with van der Waals surface area (Å²) in [6.45, 7) is 2.26. The zero-order chi connectivity index (χ0) is 15.5. The van der Waals surface area contributed by atoms with Gasteiger partial charge in [-0.05, 0) is 24.6 Å². The first-order valence-corrected chi connectivity index (χ1v) is 8.43. The molecule has 1 unspecified atom stereocenters. The third-order valence-electron chi connectivity index (χ3n) is 2.77. The van der Waals surface area contributed by atoms with Crippen LogP contribution >= 0.6 is 11.5 Å². The van der Waals surface area contributed by atoms with Crippen molar-refractivity contribution in [3.05, 3.63) is 35.7 Å². The van der Waals surface area contributed by atoms with E-state index < -0.39 is 10.0 Å². The smallest absolute Gasteiger partial charge is 0.238 e. The van der Waals surface area contributed by atoms with Crippen LogP contribution in [0.5, 0.6) is 0 Å². The monoisotopic (exact) mass is 328 g/mol. The molecule has 114 valence electrons. The van der Waals surface area contributed by atoms with E-state index in [2.05, 4.69) is 14.7 Å². The minimum atomic E-state index is -3.70. The molecule has 3 N–H and O–H groups in total. The van der Waals surface area contributed by atoms with Crippen molar-refractivity contribution in [3.63, 3.8) is 0 Å². The van der Waals surface area contributed by atoms with Crippen molar-refractivity contribution in [1.82, 2.24) is 9.36 Å². The lowest BCUT2D eigenvalue weighted by Crippen LogP contribution is -2.13. The number of hydrogen-bond acceptors (Lipinski definition) is 7. The van der Waals surface area contributed by atoms with Gasteiger partial charge in [0.15, 0.2) is 5.82 Å². The number of anilines is 1. The summed E-state index contributed by atoms with van der Waals surface area (Å²) in [7, 11) is -2.13. The molecule has 0 amide bonds. The Bertz CT molecular complexity index is 715. The van der Waals surface area contributed by atoms with E-state index in [0.717, 1.165) is 5.56 Å². The molecule has 1 heterocycles. The average Bonchev–Trinajstić information content (AvgIpc) is 2.86. The van der Waals surface area contributed by atoms with Gasteiger partial charge in [-0.2, -0.15) is 4.37 Å². The molecule has 0 radical (unpaired) electrons. The minimum Gasteiger partial charge on any atom is -0.377 e. The standard InChI is InChI=1S/C12H16N4O3S2/c1-8(14-12-15-11(7-19-2)16-20-12)9-4-3-5-10(6-9)21(13,17)18/h3-6,8H,7H2,1-2H3,(H2,13,17,18)(H,14,15,16). The van der Waals surface area contributed by atoms with Crippen LogP contribution in [-0.2, 0) is 21.4 Å². The molecule has 9 heteroatoms. The van der Waals surface area contributed by atoms with Crippen LogP contribution in [0.1, 0.15) is 24.4 Å².